The summed E-state index contributed by atoms with van der Waals surface area (Å²) in [5.74, 6) is 0.749. The lowest BCUT2D eigenvalue weighted by molar-refractivity contribution is -0.384. The largest absolute Gasteiger partial charge is 0.363 e. The van der Waals surface area contributed by atoms with Crippen molar-refractivity contribution in [3.05, 3.63) is 15.8 Å². The number of hydrogen-bond donors (Lipinski definition) is 2. The Hall–Kier alpha value is -1.63. The predicted octanol–water partition coefficient (Wildman–Crippen LogP) is 1.68. The molecule has 3 N–H and O–H groups in total. The van der Waals surface area contributed by atoms with Gasteiger partial charge in [-0.3, -0.25) is 10.1 Å². The van der Waals surface area contributed by atoms with Gasteiger partial charge in [0.15, 0.2) is 0 Å². The lowest BCUT2D eigenvalue weighted by Gasteiger charge is -2.16. The van der Waals surface area contributed by atoms with Crippen LogP contribution in [0, 0.1) is 16.0 Å². The van der Waals surface area contributed by atoms with E-state index in [1.807, 2.05) is 20.8 Å². The molecule has 7 nitrogen and oxygen atoms in total. The number of nitrogens with zero attached hydrogens (tertiary/aromatic N) is 3. The number of nitrogens with one attached hydrogen (secondary N) is 1. The van der Waals surface area contributed by atoms with Crippen molar-refractivity contribution in [3.63, 3.8) is 0 Å². The summed E-state index contributed by atoms with van der Waals surface area (Å²) in [6.45, 7) is 6.50. The molecule has 0 amide bonds. The van der Waals surface area contributed by atoms with Gasteiger partial charge in [-0.2, -0.15) is 5.10 Å². The zero-order valence-electron chi connectivity index (χ0n) is 12.0. The quantitative estimate of drug-likeness (QED) is 0.579. The van der Waals surface area contributed by atoms with Crippen molar-refractivity contribution in [2.24, 2.45) is 18.7 Å². The first kappa shape index (κ1) is 15.4. The monoisotopic (exact) mass is 269 g/mol. The molecule has 1 aromatic heterocycles. The molecule has 0 aliphatic carbocycles. The minimum atomic E-state index is -0.374. The van der Waals surface area contributed by atoms with Gasteiger partial charge < -0.3 is 11.1 Å². The van der Waals surface area contributed by atoms with Crippen LogP contribution in [-0.2, 0) is 13.5 Å². The SMILES string of the molecule is CCCc1nn(C)c(NCC(N)C(C)C)c1[N+](=O)[O-]. The Morgan fingerprint density at radius 1 is 1.53 bits per heavy atom. The Morgan fingerprint density at radius 3 is 2.63 bits per heavy atom. The predicted molar refractivity (Wildman–Crippen MR) is 75.2 cm³/mol. The third-order valence-electron chi connectivity index (χ3n) is 3.12. The van der Waals surface area contributed by atoms with Gasteiger partial charge in [0.2, 0.25) is 5.82 Å². The lowest BCUT2D eigenvalue weighted by Crippen LogP contribution is -2.34. The van der Waals surface area contributed by atoms with Gasteiger partial charge in [0, 0.05) is 19.6 Å². The van der Waals surface area contributed by atoms with Crippen molar-refractivity contribution in [1.82, 2.24) is 9.78 Å². The number of anilines is 1. The van der Waals surface area contributed by atoms with Crippen LogP contribution in [0.4, 0.5) is 11.5 Å². The minimum Gasteiger partial charge on any atom is -0.363 e. The third-order valence-corrected chi connectivity index (χ3v) is 3.12. The summed E-state index contributed by atoms with van der Waals surface area (Å²) in [4.78, 5) is 10.8. The number of aromatic nitrogens is 2. The van der Waals surface area contributed by atoms with Gasteiger partial charge in [0.05, 0.1) is 4.92 Å². The maximum Gasteiger partial charge on any atom is 0.333 e. The number of hydrogen-bond acceptors (Lipinski definition) is 5. The maximum absolute atomic E-state index is 11.2. The molecular formula is C12H23N5O2. The van der Waals surface area contributed by atoms with E-state index >= 15 is 0 Å². The highest BCUT2D eigenvalue weighted by atomic mass is 16.6. The molecule has 0 radical (unpaired) electrons. The molecule has 0 bridgehead atoms. The van der Waals surface area contributed by atoms with Crippen molar-refractivity contribution in [1.29, 1.82) is 0 Å². The van der Waals surface area contributed by atoms with Crippen molar-refractivity contribution >= 4 is 11.5 Å². The number of nitro groups is 1. The first-order valence-corrected chi connectivity index (χ1v) is 6.58. The fourth-order valence-corrected chi connectivity index (χ4v) is 1.81. The summed E-state index contributed by atoms with van der Waals surface area (Å²) in [5, 5.41) is 18.5. The smallest absolute Gasteiger partial charge is 0.333 e. The Labute approximate surface area is 113 Å². The second kappa shape index (κ2) is 6.51. The first-order valence-electron chi connectivity index (χ1n) is 6.58. The number of aryl methyl sites for hydroxylation is 2. The summed E-state index contributed by atoms with van der Waals surface area (Å²) in [7, 11) is 1.70. The molecule has 7 heteroatoms. The Morgan fingerprint density at radius 2 is 2.16 bits per heavy atom. The van der Waals surface area contributed by atoms with Gasteiger partial charge in [0.1, 0.15) is 5.69 Å². The van der Waals surface area contributed by atoms with E-state index in [1.165, 1.54) is 4.68 Å². The zero-order chi connectivity index (χ0) is 14.6. The molecule has 108 valence electrons. The fraction of sp³-hybridized carbons (Fsp3) is 0.750. The molecule has 0 aromatic carbocycles. The fourth-order valence-electron chi connectivity index (χ4n) is 1.81. The molecule has 0 spiro atoms. The van der Waals surface area contributed by atoms with Crippen molar-refractivity contribution in [3.8, 4) is 0 Å². The van der Waals surface area contributed by atoms with Crippen LogP contribution in [0.2, 0.25) is 0 Å². The van der Waals surface area contributed by atoms with E-state index in [9.17, 15) is 10.1 Å². The van der Waals surface area contributed by atoms with Crippen LogP contribution in [0.5, 0.6) is 0 Å². The van der Waals surface area contributed by atoms with Gasteiger partial charge in [-0.05, 0) is 12.3 Å². The number of nitrogens with two attached hydrogens (primary N) is 1. The summed E-state index contributed by atoms with van der Waals surface area (Å²) >= 11 is 0. The van der Waals surface area contributed by atoms with Gasteiger partial charge in [-0.1, -0.05) is 27.2 Å². The minimum absolute atomic E-state index is 0.0517. The third kappa shape index (κ3) is 3.66. The van der Waals surface area contributed by atoms with Crippen LogP contribution >= 0.6 is 0 Å². The molecule has 0 fully saturated rings. The Bertz CT molecular complexity index is 442. The van der Waals surface area contributed by atoms with Gasteiger partial charge in [-0.25, -0.2) is 4.68 Å². The number of rotatable bonds is 7. The zero-order valence-corrected chi connectivity index (χ0v) is 12.0. The molecule has 19 heavy (non-hydrogen) atoms. The summed E-state index contributed by atoms with van der Waals surface area (Å²) in [6.07, 6.45) is 1.42. The average Bonchev–Trinajstić information content (AvgIpc) is 2.62. The second-order valence-electron chi connectivity index (χ2n) is 5.06. The van der Waals surface area contributed by atoms with E-state index in [0.29, 0.717) is 30.4 Å². The van der Waals surface area contributed by atoms with Crippen molar-refractivity contribution < 1.29 is 4.92 Å². The Balaban J connectivity index is 2.96. The van der Waals surface area contributed by atoms with Crippen LogP contribution in [0.25, 0.3) is 0 Å². The second-order valence-corrected chi connectivity index (χ2v) is 5.06. The topological polar surface area (TPSA) is 99.0 Å². The standard InChI is InChI=1S/C12H23N5O2/c1-5-6-10-11(17(18)19)12(16(4)15-10)14-7-9(13)8(2)3/h8-9,14H,5-7,13H2,1-4H3. The van der Waals surface area contributed by atoms with Crippen LogP contribution < -0.4 is 11.1 Å². The molecule has 1 rings (SSSR count). The highest BCUT2D eigenvalue weighted by molar-refractivity contribution is 5.59. The highest BCUT2D eigenvalue weighted by Crippen LogP contribution is 2.28. The highest BCUT2D eigenvalue weighted by Gasteiger charge is 2.26. The van der Waals surface area contributed by atoms with Crippen molar-refractivity contribution in [2.45, 2.75) is 39.7 Å². The summed E-state index contributed by atoms with van der Waals surface area (Å²) < 4.78 is 1.52. The molecule has 0 aliphatic rings. The summed E-state index contributed by atoms with van der Waals surface area (Å²) in [5.41, 5.74) is 6.54. The molecule has 1 unspecified atom stereocenters. The molecule has 0 aliphatic heterocycles. The van der Waals surface area contributed by atoms with Crippen LogP contribution in [0.1, 0.15) is 32.9 Å². The lowest BCUT2D eigenvalue weighted by atomic mass is 10.1. The maximum atomic E-state index is 11.2. The molecule has 1 atom stereocenters. The normalized spacial score (nSPS) is 12.7. The van der Waals surface area contributed by atoms with Gasteiger partial charge in [-0.15, -0.1) is 0 Å². The van der Waals surface area contributed by atoms with Crippen LogP contribution in [0.15, 0.2) is 0 Å². The molecule has 0 saturated carbocycles. The van der Waals surface area contributed by atoms with E-state index in [-0.39, 0.29) is 16.7 Å². The summed E-state index contributed by atoms with van der Waals surface area (Å²) in [6, 6.07) is -0.0517. The van der Waals surface area contributed by atoms with Crippen molar-refractivity contribution in [2.75, 3.05) is 11.9 Å². The van der Waals surface area contributed by atoms with E-state index in [2.05, 4.69) is 10.4 Å². The van der Waals surface area contributed by atoms with Crippen LogP contribution in [-0.4, -0.2) is 27.3 Å². The van der Waals surface area contributed by atoms with E-state index in [0.717, 1.165) is 6.42 Å². The molecule has 1 aromatic rings. The molecule has 0 saturated heterocycles. The van der Waals surface area contributed by atoms with E-state index in [1.54, 1.807) is 7.05 Å². The van der Waals surface area contributed by atoms with E-state index < -0.39 is 0 Å². The average molecular weight is 269 g/mol. The van der Waals surface area contributed by atoms with Gasteiger partial charge >= 0.3 is 5.69 Å². The van der Waals surface area contributed by atoms with E-state index in [4.69, 9.17) is 5.73 Å². The first-order chi connectivity index (χ1) is 8.88. The molecular weight excluding hydrogens is 246 g/mol. The Kier molecular flexibility index (Phi) is 5.29. The molecule has 1 heterocycles. The van der Waals surface area contributed by atoms with Crippen LogP contribution in [0.3, 0.4) is 0 Å². The van der Waals surface area contributed by atoms with Gasteiger partial charge in [0.25, 0.3) is 0 Å².